The van der Waals surface area contributed by atoms with Crippen molar-refractivity contribution in [3.8, 4) is 0 Å². The van der Waals surface area contributed by atoms with E-state index in [0.29, 0.717) is 10.6 Å². The first-order chi connectivity index (χ1) is 12.6. The van der Waals surface area contributed by atoms with E-state index >= 15 is 0 Å². The Morgan fingerprint density at radius 2 is 1.78 bits per heavy atom. The number of hydrogen-bond donors (Lipinski definition) is 1. The van der Waals surface area contributed by atoms with Crippen LogP contribution in [0.1, 0.15) is 35.8 Å². The average molecular weight is 409 g/mol. The molecule has 0 saturated carbocycles. The average Bonchev–Trinajstić information content (AvgIpc) is 2.61. The van der Waals surface area contributed by atoms with Gasteiger partial charge >= 0.3 is 0 Å². The SMILES string of the molecule is CC(=O)c1ccc(S(=O)(=O)N(C)CC(=O)NC(C)c2cccc(Cl)c2)cc1. The van der Waals surface area contributed by atoms with Crippen molar-refractivity contribution < 1.29 is 18.0 Å². The fraction of sp³-hybridized carbons (Fsp3) is 0.263. The molecular weight excluding hydrogens is 388 g/mol. The molecule has 2 aromatic carbocycles. The van der Waals surface area contributed by atoms with Crippen LogP contribution >= 0.6 is 11.6 Å². The summed E-state index contributed by atoms with van der Waals surface area (Å²) < 4.78 is 26.2. The number of carbonyl (C=O) groups is 2. The summed E-state index contributed by atoms with van der Waals surface area (Å²) >= 11 is 5.95. The molecule has 0 bridgehead atoms. The number of carbonyl (C=O) groups excluding carboxylic acids is 2. The minimum absolute atomic E-state index is 0.0192. The highest BCUT2D eigenvalue weighted by atomic mass is 35.5. The van der Waals surface area contributed by atoms with Crippen molar-refractivity contribution in [1.82, 2.24) is 9.62 Å². The van der Waals surface area contributed by atoms with E-state index in [1.54, 1.807) is 25.1 Å². The minimum Gasteiger partial charge on any atom is -0.348 e. The van der Waals surface area contributed by atoms with Gasteiger partial charge in [0.15, 0.2) is 5.78 Å². The van der Waals surface area contributed by atoms with Gasteiger partial charge in [-0.05, 0) is 43.7 Å². The molecule has 0 heterocycles. The number of sulfonamides is 1. The number of Topliss-reactive ketones (excluding diaryl/α,β-unsaturated/α-hetero) is 1. The Balaban J connectivity index is 2.05. The number of benzene rings is 2. The number of amides is 1. The van der Waals surface area contributed by atoms with E-state index in [9.17, 15) is 18.0 Å². The van der Waals surface area contributed by atoms with Crippen molar-refractivity contribution in [2.75, 3.05) is 13.6 Å². The summed E-state index contributed by atoms with van der Waals surface area (Å²) in [5, 5.41) is 3.31. The van der Waals surface area contributed by atoms with Gasteiger partial charge in [-0.3, -0.25) is 9.59 Å². The Bertz CT molecular complexity index is 942. The van der Waals surface area contributed by atoms with Crippen molar-refractivity contribution in [3.63, 3.8) is 0 Å². The molecule has 2 rings (SSSR count). The second kappa shape index (κ2) is 8.65. The van der Waals surface area contributed by atoms with Crippen LogP contribution in [0.15, 0.2) is 53.4 Å². The van der Waals surface area contributed by atoms with Crippen molar-refractivity contribution in [1.29, 1.82) is 0 Å². The van der Waals surface area contributed by atoms with Crippen LogP contribution in [0.5, 0.6) is 0 Å². The largest absolute Gasteiger partial charge is 0.348 e. The van der Waals surface area contributed by atoms with Crippen LogP contribution in [-0.4, -0.2) is 38.0 Å². The molecule has 6 nitrogen and oxygen atoms in total. The number of nitrogens with one attached hydrogen (secondary N) is 1. The van der Waals surface area contributed by atoms with Gasteiger partial charge in [0.05, 0.1) is 17.5 Å². The highest BCUT2D eigenvalue weighted by Crippen LogP contribution is 2.18. The fourth-order valence-electron chi connectivity index (χ4n) is 2.48. The Labute approximate surface area is 164 Å². The van der Waals surface area contributed by atoms with Crippen LogP contribution in [-0.2, 0) is 14.8 Å². The summed E-state index contributed by atoms with van der Waals surface area (Å²) in [4.78, 5) is 23.6. The summed E-state index contributed by atoms with van der Waals surface area (Å²) in [6.45, 7) is 2.86. The normalized spacial score (nSPS) is 12.6. The van der Waals surface area contributed by atoms with E-state index < -0.39 is 15.9 Å². The van der Waals surface area contributed by atoms with E-state index in [1.165, 1.54) is 38.2 Å². The van der Waals surface area contributed by atoms with Crippen molar-refractivity contribution in [2.24, 2.45) is 0 Å². The number of hydrogen-bond acceptors (Lipinski definition) is 4. The summed E-state index contributed by atoms with van der Waals surface area (Å²) in [7, 11) is -2.51. The van der Waals surface area contributed by atoms with Gasteiger partial charge in [0.25, 0.3) is 0 Å². The Morgan fingerprint density at radius 3 is 2.33 bits per heavy atom. The van der Waals surface area contributed by atoms with E-state index in [0.717, 1.165) is 9.87 Å². The third kappa shape index (κ3) is 5.38. The van der Waals surface area contributed by atoms with Crippen LogP contribution in [0.2, 0.25) is 5.02 Å². The molecular formula is C19H21ClN2O4S. The maximum absolute atomic E-state index is 12.6. The zero-order valence-electron chi connectivity index (χ0n) is 15.3. The smallest absolute Gasteiger partial charge is 0.243 e. The first-order valence-electron chi connectivity index (χ1n) is 8.23. The summed E-state index contributed by atoms with van der Waals surface area (Å²) in [5.74, 6) is -0.587. The van der Waals surface area contributed by atoms with Gasteiger partial charge in [-0.1, -0.05) is 35.9 Å². The predicted molar refractivity (Wildman–Crippen MR) is 104 cm³/mol. The molecule has 8 heteroatoms. The zero-order valence-corrected chi connectivity index (χ0v) is 16.8. The standard InChI is InChI=1S/C19H21ClN2O4S/c1-13(16-5-4-6-17(20)11-16)21-19(24)12-22(3)27(25,26)18-9-7-15(8-10-18)14(2)23/h4-11,13H,12H2,1-3H3,(H,21,24). The first kappa shape index (κ1) is 21.1. The van der Waals surface area contributed by atoms with Crippen molar-refractivity contribution in [2.45, 2.75) is 24.8 Å². The maximum atomic E-state index is 12.6. The topological polar surface area (TPSA) is 83.6 Å². The fourth-order valence-corrected chi connectivity index (χ4v) is 3.80. The van der Waals surface area contributed by atoms with E-state index in [2.05, 4.69) is 5.32 Å². The highest BCUT2D eigenvalue weighted by molar-refractivity contribution is 7.89. The van der Waals surface area contributed by atoms with Gasteiger partial charge in [-0.25, -0.2) is 8.42 Å². The third-order valence-corrected chi connectivity index (χ3v) is 6.11. The number of nitrogens with zero attached hydrogens (tertiary/aromatic N) is 1. The van der Waals surface area contributed by atoms with E-state index in [-0.39, 0.29) is 23.3 Å². The second-order valence-corrected chi connectivity index (χ2v) is 8.67. The Morgan fingerprint density at radius 1 is 1.15 bits per heavy atom. The molecule has 2 aromatic rings. The van der Waals surface area contributed by atoms with E-state index in [1.807, 2.05) is 6.07 Å². The lowest BCUT2D eigenvalue weighted by Crippen LogP contribution is -2.39. The van der Waals surface area contributed by atoms with Crippen LogP contribution in [0, 0.1) is 0 Å². The van der Waals surface area contributed by atoms with E-state index in [4.69, 9.17) is 11.6 Å². The molecule has 0 aromatic heterocycles. The summed E-state index contributed by atoms with van der Waals surface area (Å²) in [6, 6.07) is 12.4. The van der Waals surface area contributed by atoms with Crippen molar-refractivity contribution in [3.05, 3.63) is 64.7 Å². The molecule has 27 heavy (non-hydrogen) atoms. The third-order valence-electron chi connectivity index (χ3n) is 4.06. The number of ketones is 1. The molecule has 0 saturated heterocycles. The molecule has 1 N–H and O–H groups in total. The molecule has 0 aliphatic carbocycles. The molecule has 144 valence electrons. The second-order valence-electron chi connectivity index (χ2n) is 6.19. The molecule has 0 spiro atoms. The summed E-state index contributed by atoms with van der Waals surface area (Å²) in [6.07, 6.45) is 0. The van der Waals surface area contributed by atoms with Gasteiger partial charge in [0, 0.05) is 17.6 Å². The molecule has 0 aliphatic heterocycles. The van der Waals surface area contributed by atoms with Gasteiger partial charge in [0.2, 0.25) is 15.9 Å². The van der Waals surface area contributed by atoms with Crippen molar-refractivity contribution >= 4 is 33.3 Å². The van der Waals surface area contributed by atoms with Crippen LogP contribution in [0.4, 0.5) is 0 Å². The predicted octanol–water partition coefficient (Wildman–Crippen LogP) is 3.04. The minimum atomic E-state index is -3.84. The molecule has 1 atom stereocenters. The maximum Gasteiger partial charge on any atom is 0.243 e. The number of halogens is 1. The molecule has 0 aliphatic rings. The van der Waals surface area contributed by atoms with Crippen LogP contribution in [0.25, 0.3) is 0 Å². The molecule has 1 unspecified atom stereocenters. The highest BCUT2D eigenvalue weighted by Gasteiger charge is 2.23. The van der Waals surface area contributed by atoms with Gasteiger partial charge in [-0.2, -0.15) is 4.31 Å². The van der Waals surface area contributed by atoms with Crippen LogP contribution < -0.4 is 5.32 Å². The molecule has 0 fully saturated rings. The molecule has 0 radical (unpaired) electrons. The monoisotopic (exact) mass is 408 g/mol. The number of rotatable bonds is 7. The van der Waals surface area contributed by atoms with Crippen LogP contribution in [0.3, 0.4) is 0 Å². The first-order valence-corrected chi connectivity index (χ1v) is 10.0. The van der Waals surface area contributed by atoms with Gasteiger partial charge < -0.3 is 5.32 Å². The number of likely N-dealkylation sites (N-methyl/N-ethyl adjacent to an activating group) is 1. The van der Waals surface area contributed by atoms with Gasteiger partial charge in [0.1, 0.15) is 0 Å². The Hall–Kier alpha value is -2.22. The van der Waals surface area contributed by atoms with Gasteiger partial charge in [-0.15, -0.1) is 0 Å². The lowest BCUT2D eigenvalue weighted by atomic mass is 10.1. The molecule has 1 amide bonds. The lowest BCUT2D eigenvalue weighted by Gasteiger charge is -2.19. The Kier molecular flexibility index (Phi) is 6.75. The lowest BCUT2D eigenvalue weighted by molar-refractivity contribution is -0.121. The zero-order chi connectivity index (χ0) is 20.2. The summed E-state index contributed by atoms with van der Waals surface area (Å²) in [5.41, 5.74) is 1.24. The quantitative estimate of drug-likeness (QED) is 0.713.